The first-order valence-corrected chi connectivity index (χ1v) is 3.77. The quantitative estimate of drug-likeness (QED) is 0.708. The molecular formula is C10H9FO2. The van der Waals surface area contributed by atoms with Crippen molar-refractivity contribution in [1.29, 1.82) is 0 Å². The van der Waals surface area contributed by atoms with Gasteiger partial charge < -0.3 is 5.11 Å². The van der Waals surface area contributed by atoms with Crippen molar-refractivity contribution in [3.05, 3.63) is 41.2 Å². The molecule has 1 aromatic rings. The highest BCUT2D eigenvalue weighted by molar-refractivity contribution is 5.85. The van der Waals surface area contributed by atoms with E-state index in [1.807, 2.05) is 0 Å². The van der Waals surface area contributed by atoms with Crippen LogP contribution in [0.4, 0.5) is 4.39 Å². The van der Waals surface area contributed by atoms with E-state index >= 15 is 0 Å². The van der Waals surface area contributed by atoms with Crippen LogP contribution in [0.2, 0.25) is 0 Å². The van der Waals surface area contributed by atoms with Gasteiger partial charge in [0.2, 0.25) is 0 Å². The van der Waals surface area contributed by atoms with E-state index in [1.54, 1.807) is 19.1 Å². The molecular weight excluding hydrogens is 171 g/mol. The third kappa shape index (κ3) is 2.40. The van der Waals surface area contributed by atoms with Gasteiger partial charge in [0.15, 0.2) is 0 Å². The topological polar surface area (TPSA) is 37.3 Å². The van der Waals surface area contributed by atoms with Crippen LogP contribution in [0.1, 0.15) is 11.1 Å². The van der Waals surface area contributed by atoms with Crippen LogP contribution in [0.5, 0.6) is 0 Å². The summed E-state index contributed by atoms with van der Waals surface area (Å²) in [6.07, 6.45) is 2.18. The zero-order valence-corrected chi connectivity index (χ0v) is 7.12. The monoisotopic (exact) mass is 180 g/mol. The second kappa shape index (κ2) is 3.85. The van der Waals surface area contributed by atoms with E-state index in [0.29, 0.717) is 5.56 Å². The molecule has 0 heterocycles. The van der Waals surface area contributed by atoms with E-state index in [0.717, 1.165) is 11.6 Å². The predicted octanol–water partition coefficient (Wildman–Crippen LogP) is 2.23. The van der Waals surface area contributed by atoms with Crippen LogP contribution < -0.4 is 0 Å². The molecule has 0 aliphatic carbocycles. The summed E-state index contributed by atoms with van der Waals surface area (Å²) in [5, 5.41) is 8.35. The maximum Gasteiger partial charge on any atom is 0.328 e. The molecule has 0 unspecified atom stereocenters. The Hall–Kier alpha value is -1.64. The Labute approximate surface area is 75.3 Å². The van der Waals surface area contributed by atoms with Gasteiger partial charge in [-0.15, -0.1) is 0 Å². The molecule has 0 spiro atoms. The molecule has 1 rings (SSSR count). The summed E-state index contributed by atoms with van der Waals surface area (Å²) >= 11 is 0. The summed E-state index contributed by atoms with van der Waals surface area (Å²) in [4.78, 5) is 10.2. The summed E-state index contributed by atoms with van der Waals surface area (Å²) in [6.45, 7) is 1.73. The predicted molar refractivity (Wildman–Crippen MR) is 47.8 cm³/mol. The number of halogens is 1. The van der Waals surface area contributed by atoms with Crippen molar-refractivity contribution >= 4 is 12.0 Å². The highest BCUT2D eigenvalue weighted by Crippen LogP contribution is 2.13. The largest absolute Gasteiger partial charge is 0.478 e. The maximum atomic E-state index is 13.1. The number of benzene rings is 1. The second-order valence-corrected chi connectivity index (χ2v) is 2.64. The zero-order valence-electron chi connectivity index (χ0n) is 7.12. The van der Waals surface area contributed by atoms with Crippen LogP contribution in [0, 0.1) is 12.7 Å². The lowest BCUT2D eigenvalue weighted by atomic mass is 10.1. The Morgan fingerprint density at radius 1 is 1.54 bits per heavy atom. The third-order valence-electron chi connectivity index (χ3n) is 1.66. The first-order chi connectivity index (χ1) is 6.11. The van der Waals surface area contributed by atoms with Gasteiger partial charge in [0.1, 0.15) is 5.82 Å². The van der Waals surface area contributed by atoms with Gasteiger partial charge in [-0.25, -0.2) is 9.18 Å². The lowest BCUT2D eigenvalue weighted by Crippen LogP contribution is -1.89. The number of aryl methyl sites for hydroxylation is 1. The van der Waals surface area contributed by atoms with E-state index in [1.165, 1.54) is 12.1 Å². The fourth-order valence-corrected chi connectivity index (χ4v) is 1.01. The van der Waals surface area contributed by atoms with Gasteiger partial charge in [0, 0.05) is 11.6 Å². The summed E-state index contributed by atoms with van der Waals surface area (Å²) in [5.74, 6) is -1.49. The molecule has 3 heteroatoms. The van der Waals surface area contributed by atoms with Crippen molar-refractivity contribution in [3.63, 3.8) is 0 Å². The minimum absolute atomic E-state index is 0.324. The molecule has 0 aromatic heterocycles. The minimum atomic E-state index is -1.08. The highest BCUT2D eigenvalue weighted by Gasteiger charge is 2.00. The highest BCUT2D eigenvalue weighted by atomic mass is 19.1. The SMILES string of the molecule is Cc1cccc(F)c1C=CC(=O)O. The van der Waals surface area contributed by atoms with Gasteiger partial charge in [-0.05, 0) is 24.6 Å². The second-order valence-electron chi connectivity index (χ2n) is 2.64. The fourth-order valence-electron chi connectivity index (χ4n) is 1.01. The standard InChI is InChI=1S/C10H9FO2/c1-7-3-2-4-9(11)8(7)5-6-10(12)13/h2-6H,1H3,(H,12,13). The van der Waals surface area contributed by atoms with Crippen molar-refractivity contribution in [3.8, 4) is 0 Å². The molecule has 0 bridgehead atoms. The Kier molecular flexibility index (Phi) is 2.80. The van der Waals surface area contributed by atoms with Gasteiger partial charge >= 0.3 is 5.97 Å². The average Bonchev–Trinajstić information content (AvgIpc) is 2.03. The van der Waals surface area contributed by atoms with Gasteiger partial charge in [-0.1, -0.05) is 12.1 Å². The van der Waals surface area contributed by atoms with E-state index in [2.05, 4.69) is 0 Å². The molecule has 0 fully saturated rings. The summed E-state index contributed by atoms with van der Waals surface area (Å²) in [5.41, 5.74) is 1.04. The summed E-state index contributed by atoms with van der Waals surface area (Å²) in [7, 11) is 0. The molecule has 0 aliphatic heterocycles. The number of rotatable bonds is 2. The first kappa shape index (κ1) is 9.45. The van der Waals surface area contributed by atoms with Gasteiger partial charge in [0.25, 0.3) is 0 Å². The molecule has 0 atom stereocenters. The van der Waals surface area contributed by atoms with Crippen LogP contribution in [-0.4, -0.2) is 11.1 Å². The number of aliphatic carboxylic acids is 1. The van der Waals surface area contributed by atoms with Crippen molar-refractivity contribution in [2.75, 3.05) is 0 Å². The molecule has 0 saturated heterocycles. The van der Waals surface area contributed by atoms with Crippen LogP contribution in [0.25, 0.3) is 6.08 Å². The Balaban J connectivity index is 3.06. The minimum Gasteiger partial charge on any atom is -0.478 e. The maximum absolute atomic E-state index is 13.1. The molecule has 1 N–H and O–H groups in total. The van der Waals surface area contributed by atoms with E-state index in [4.69, 9.17) is 5.11 Å². The molecule has 13 heavy (non-hydrogen) atoms. The lowest BCUT2D eigenvalue weighted by molar-refractivity contribution is -0.131. The number of hydrogen-bond acceptors (Lipinski definition) is 1. The number of hydrogen-bond donors (Lipinski definition) is 1. The Morgan fingerprint density at radius 2 is 2.23 bits per heavy atom. The van der Waals surface area contributed by atoms with Crippen LogP contribution >= 0.6 is 0 Å². The van der Waals surface area contributed by atoms with Crippen molar-refractivity contribution in [2.24, 2.45) is 0 Å². The van der Waals surface area contributed by atoms with Crippen molar-refractivity contribution in [2.45, 2.75) is 6.92 Å². The van der Waals surface area contributed by atoms with Crippen molar-refractivity contribution < 1.29 is 14.3 Å². The number of carboxylic acid groups (broad SMARTS) is 1. The zero-order chi connectivity index (χ0) is 9.84. The molecule has 0 saturated carbocycles. The van der Waals surface area contributed by atoms with Gasteiger partial charge in [-0.2, -0.15) is 0 Å². The summed E-state index contributed by atoms with van der Waals surface area (Å²) < 4.78 is 13.1. The van der Waals surface area contributed by atoms with Crippen LogP contribution in [0.15, 0.2) is 24.3 Å². The average molecular weight is 180 g/mol. The fraction of sp³-hybridized carbons (Fsp3) is 0.100. The molecule has 0 aliphatic rings. The van der Waals surface area contributed by atoms with E-state index < -0.39 is 11.8 Å². The normalized spacial score (nSPS) is 10.6. The van der Waals surface area contributed by atoms with Crippen LogP contribution in [-0.2, 0) is 4.79 Å². The Bertz CT molecular complexity index is 336. The number of carbonyl (C=O) groups is 1. The first-order valence-electron chi connectivity index (χ1n) is 3.77. The number of carboxylic acids is 1. The van der Waals surface area contributed by atoms with E-state index in [9.17, 15) is 9.18 Å². The smallest absolute Gasteiger partial charge is 0.328 e. The molecule has 68 valence electrons. The molecule has 0 radical (unpaired) electrons. The van der Waals surface area contributed by atoms with Gasteiger partial charge in [0.05, 0.1) is 0 Å². The van der Waals surface area contributed by atoms with Crippen LogP contribution in [0.3, 0.4) is 0 Å². The molecule has 0 amide bonds. The van der Waals surface area contributed by atoms with E-state index in [-0.39, 0.29) is 0 Å². The summed E-state index contributed by atoms with van der Waals surface area (Å²) in [6, 6.07) is 4.61. The molecule has 2 nitrogen and oxygen atoms in total. The molecule has 1 aromatic carbocycles. The third-order valence-corrected chi connectivity index (χ3v) is 1.66. The van der Waals surface area contributed by atoms with Gasteiger partial charge in [-0.3, -0.25) is 0 Å². The van der Waals surface area contributed by atoms with Crippen molar-refractivity contribution in [1.82, 2.24) is 0 Å². The lowest BCUT2D eigenvalue weighted by Gasteiger charge is -1.99. The Morgan fingerprint density at radius 3 is 2.77 bits per heavy atom.